The summed E-state index contributed by atoms with van der Waals surface area (Å²) in [6.45, 7) is 5.62. The van der Waals surface area contributed by atoms with Crippen LogP contribution in [0, 0.1) is 22.7 Å². The molecule has 76 valence electrons. The minimum absolute atomic E-state index is 0.126. The molecule has 1 rings (SSSR count). The molecule has 2 nitrogen and oxygen atoms in total. The van der Waals surface area contributed by atoms with E-state index in [4.69, 9.17) is 10.5 Å². The molecule has 0 amide bonds. The second-order valence-electron chi connectivity index (χ2n) is 4.21. The molecule has 1 atom stereocenters. The molecule has 0 fully saturated rings. The molecule has 0 bridgehead atoms. The van der Waals surface area contributed by atoms with Gasteiger partial charge in [0.15, 0.2) is 0 Å². The highest BCUT2D eigenvalue weighted by Crippen LogP contribution is 2.25. The van der Waals surface area contributed by atoms with Crippen LogP contribution < -0.4 is 0 Å². The molecule has 0 N–H and O–H groups in total. The van der Waals surface area contributed by atoms with E-state index in [-0.39, 0.29) is 5.92 Å². The fraction of sp³-hybridized carbons (Fsp3) is 0.385. The molecule has 0 radical (unpaired) electrons. The number of hydrogen-bond donors (Lipinski definition) is 0. The summed E-state index contributed by atoms with van der Waals surface area (Å²) < 4.78 is 0. The van der Waals surface area contributed by atoms with Crippen LogP contribution in [0.4, 0.5) is 0 Å². The third kappa shape index (κ3) is 2.36. The van der Waals surface area contributed by atoms with Crippen LogP contribution in [0.1, 0.15) is 37.8 Å². The molecule has 0 saturated heterocycles. The maximum absolute atomic E-state index is 9.02. The Labute approximate surface area is 90.8 Å². The van der Waals surface area contributed by atoms with Gasteiger partial charge in [-0.05, 0) is 31.9 Å². The predicted octanol–water partition coefficient (Wildman–Crippen LogP) is 3.11. The van der Waals surface area contributed by atoms with Crippen molar-refractivity contribution in [2.45, 2.75) is 32.1 Å². The SMILES string of the molecule is CC(C#N)c1cccc(C(C)(C)C#N)c1. The predicted molar refractivity (Wildman–Crippen MR) is 59.1 cm³/mol. The van der Waals surface area contributed by atoms with Gasteiger partial charge < -0.3 is 0 Å². The number of nitriles is 2. The maximum Gasteiger partial charge on any atom is 0.0766 e. The number of rotatable bonds is 2. The molecular formula is C13H14N2. The summed E-state index contributed by atoms with van der Waals surface area (Å²) in [6, 6.07) is 12.1. The van der Waals surface area contributed by atoms with Gasteiger partial charge in [0.2, 0.25) is 0 Å². The van der Waals surface area contributed by atoms with E-state index in [1.54, 1.807) is 0 Å². The third-order valence-corrected chi connectivity index (χ3v) is 2.58. The van der Waals surface area contributed by atoms with Gasteiger partial charge >= 0.3 is 0 Å². The van der Waals surface area contributed by atoms with Crippen molar-refractivity contribution in [2.75, 3.05) is 0 Å². The molecule has 2 heteroatoms. The smallest absolute Gasteiger partial charge is 0.0766 e. The minimum Gasteiger partial charge on any atom is -0.198 e. The van der Waals surface area contributed by atoms with Crippen LogP contribution in [0.15, 0.2) is 24.3 Å². The van der Waals surface area contributed by atoms with Crippen LogP contribution >= 0.6 is 0 Å². The first-order valence-corrected chi connectivity index (χ1v) is 4.92. The van der Waals surface area contributed by atoms with E-state index in [0.717, 1.165) is 11.1 Å². The zero-order valence-corrected chi connectivity index (χ0v) is 9.28. The van der Waals surface area contributed by atoms with Crippen molar-refractivity contribution in [3.63, 3.8) is 0 Å². The summed E-state index contributed by atoms with van der Waals surface area (Å²) in [5.74, 6) is -0.126. The van der Waals surface area contributed by atoms with Gasteiger partial charge in [0.1, 0.15) is 0 Å². The van der Waals surface area contributed by atoms with Gasteiger partial charge in [0, 0.05) is 0 Å². The zero-order chi connectivity index (χ0) is 11.5. The van der Waals surface area contributed by atoms with Crippen LogP contribution in [0.25, 0.3) is 0 Å². The Morgan fingerprint density at radius 1 is 1.27 bits per heavy atom. The van der Waals surface area contributed by atoms with E-state index in [1.165, 1.54) is 0 Å². The lowest BCUT2D eigenvalue weighted by atomic mass is 9.84. The van der Waals surface area contributed by atoms with Crippen molar-refractivity contribution in [3.05, 3.63) is 35.4 Å². The third-order valence-electron chi connectivity index (χ3n) is 2.58. The quantitative estimate of drug-likeness (QED) is 0.733. The molecule has 0 spiro atoms. The van der Waals surface area contributed by atoms with Crippen LogP contribution in [-0.4, -0.2) is 0 Å². The highest BCUT2D eigenvalue weighted by molar-refractivity contribution is 5.36. The molecule has 0 aromatic heterocycles. The van der Waals surface area contributed by atoms with Crippen LogP contribution in [0.3, 0.4) is 0 Å². The van der Waals surface area contributed by atoms with Crippen LogP contribution in [-0.2, 0) is 5.41 Å². The van der Waals surface area contributed by atoms with Crippen molar-refractivity contribution in [1.82, 2.24) is 0 Å². The van der Waals surface area contributed by atoms with Crippen molar-refractivity contribution in [2.24, 2.45) is 0 Å². The van der Waals surface area contributed by atoms with Gasteiger partial charge in [-0.1, -0.05) is 24.3 Å². The Balaban J connectivity index is 3.16. The molecule has 0 aliphatic carbocycles. The van der Waals surface area contributed by atoms with Gasteiger partial charge in [-0.15, -0.1) is 0 Å². The van der Waals surface area contributed by atoms with Crippen molar-refractivity contribution in [1.29, 1.82) is 10.5 Å². The first-order chi connectivity index (χ1) is 7.01. The number of nitrogens with zero attached hydrogens (tertiary/aromatic N) is 2. The van der Waals surface area contributed by atoms with E-state index in [1.807, 2.05) is 45.0 Å². The van der Waals surface area contributed by atoms with E-state index in [2.05, 4.69) is 12.1 Å². The highest BCUT2D eigenvalue weighted by atomic mass is 14.3. The largest absolute Gasteiger partial charge is 0.198 e. The topological polar surface area (TPSA) is 47.6 Å². The minimum atomic E-state index is -0.495. The van der Waals surface area contributed by atoms with E-state index in [0.29, 0.717) is 0 Å². The van der Waals surface area contributed by atoms with Gasteiger partial charge in [-0.3, -0.25) is 0 Å². The second kappa shape index (κ2) is 4.15. The maximum atomic E-state index is 9.02. The Hall–Kier alpha value is -1.80. The summed E-state index contributed by atoms with van der Waals surface area (Å²) >= 11 is 0. The average Bonchev–Trinajstić information content (AvgIpc) is 2.28. The molecule has 0 aliphatic heterocycles. The Morgan fingerprint density at radius 2 is 1.93 bits per heavy atom. The molecule has 0 heterocycles. The monoisotopic (exact) mass is 198 g/mol. The summed E-state index contributed by atoms with van der Waals surface area (Å²) in [5, 5.41) is 17.8. The molecule has 0 aliphatic rings. The average molecular weight is 198 g/mol. The molecule has 1 aromatic rings. The lowest BCUT2D eigenvalue weighted by Gasteiger charge is -2.17. The van der Waals surface area contributed by atoms with E-state index >= 15 is 0 Å². The lowest BCUT2D eigenvalue weighted by Crippen LogP contribution is -2.14. The molecule has 15 heavy (non-hydrogen) atoms. The standard InChI is InChI=1S/C13H14N2/c1-10(8-14)11-5-4-6-12(7-11)13(2,3)9-15/h4-7,10H,1-3H3. The first-order valence-electron chi connectivity index (χ1n) is 4.92. The van der Waals surface area contributed by atoms with Gasteiger partial charge in [0.25, 0.3) is 0 Å². The van der Waals surface area contributed by atoms with Crippen LogP contribution in [0.5, 0.6) is 0 Å². The summed E-state index contributed by atoms with van der Waals surface area (Å²) in [4.78, 5) is 0. The fourth-order valence-electron chi connectivity index (χ4n) is 1.34. The second-order valence-corrected chi connectivity index (χ2v) is 4.21. The Kier molecular flexibility index (Phi) is 3.12. The molecule has 1 unspecified atom stereocenters. The number of hydrogen-bond acceptors (Lipinski definition) is 2. The normalized spacial score (nSPS) is 12.6. The van der Waals surface area contributed by atoms with E-state index in [9.17, 15) is 0 Å². The highest BCUT2D eigenvalue weighted by Gasteiger charge is 2.20. The number of benzene rings is 1. The summed E-state index contributed by atoms with van der Waals surface area (Å²) in [5.41, 5.74) is 1.44. The first kappa shape index (κ1) is 11.3. The van der Waals surface area contributed by atoms with Crippen molar-refractivity contribution in [3.8, 4) is 12.1 Å². The Morgan fingerprint density at radius 3 is 2.47 bits per heavy atom. The van der Waals surface area contributed by atoms with Crippen molar-refractivity contribution < 1.29 is 0 Å². The lowest BCUT2D eigenvalue weighted by molar-refractivity contribution is 0.684. The van der Waals surface area contributed by atoms with Gasteiger partial charge in [-0.2, -0.15) is 10.5 Å². The van der Waals surface area contributed by atoms with Crippen LogP contribution in [0.2, 0.25) is 0 Å². The molecular weight excluding hydrogens is 184 g/mol. The van der Waals surface area contributed by atoms with E-state index < -0.39 is 5.41 Å². The van der Waals surface area contributed by atoms with Crippen molar-refractivity contribution >= 4 is 0 Å². The van der Waals surface area contributed by atoms with Gasteiger partial charge in [-0.25, -0.2) is 0 Å². The summed E-state index contributed by atoms with van der Waals surface area (Å²) in [7, 11) is 0. The fourth-order valence-corrected chi connectivity index (χ4v) is 1.34. The molecule has 1 aromatic carbocycles. The van der Waals surface area contributed by atoms with Gasteiger partial charge in [0.05, 0.1) is 23.5 Å². The molecule has 0 saturated carbocycles. The Bertz CT molecular complexity index is 433. The zero-order valence-electron chi connectivity index (χ0n) is 9.28. The summed E-state index contributed by atoms with van der Waals surface area (Å²) in [6.07, 6.45) is 0.